The molecule has 40 heavy (non-hydrogen) atoms. The fourth-order valence-electron chi connectivity index (χ4n) is 4.28. The largest absolute Gasteiger partial charge is 0.493 e. The van der Waals surface area contributed by atoms with E-state index < -0.39 is 18.2 Å². The standard InChI is InChI=1S/C25H22Cl2F3N7O3/c1-14(21-18(26)12-32-13-19(21)27)39-16-3-4-20-17(9-16)22(35-37(20)40-23(38)25(28,29)30)15-10-33-24(34-11-15)36-7-2-5-31-6-8-36/h3-4,9-14,31H,2,5-8H2,1H3/t14-/m1/s1. The SMILES string of the molecule is C[C@@H](Oc1ccc2c(c1)c(-c1cnc(N3CCCNCC3)nc1)nn2OC(=O)C(F)(F)F)c1c(Cl)cncc1Cl. The molecule has 210 valence electrons. The number of rotatable bonds is 6. The fourth-order valence-corrected chi connectivity index (χ4v) is 4.95. The van der Waals surface area contributed by atoms with Crippen molar-refractivity contribution in [2.45, 2.75) is 25.6 Å². The van der Waals surface area contributed by atoms with Crippen molar-refractivity contribution in [3.8, 4) is 17.0 Å². The summed E-state index contributed by atoms with van der Waals surface area (Å²) in [5.41, 5.74) is 1.19. The summed E-state index contributed by atoms with van der Waals surface area (Å²) in [5.74, 6) is -1.56. The minimum absolute atomic E-state index is 0.0928. The maximum atomic E-state index is 13.0. The molecule has 1 saturated heterocycles. The van der Waals surface area contributed by atoms with Gasteiger partial charge in [0.1, 0.15) is 23.1 Å². The van der Waals surface area contributed by atoms with Crippen LogP contribution in [-0.4, -0.2) is 63.2 Å². The Hall–Kier alpha value is -3.68. The molecular formula is C25H22Cl2F3N7O3. The van der Waals surface area contributed by atoms with Gasteiger partial charge in [0.2, 0.25) is 5.95 Å². The van der Waals surface area contributed by atoms with Crippen LogP contribution in [0.2, 0.25) is 10.0 Å². The van der Waals surface area contributed by atoms with E-state index in [4.69, 9.17) is 27.9 Å². The second kappa shape index (κ2) is 11.4. The maximum Gasteiger partial charge on any atom is 0.493 e. The molecule has 3 aromatic heterocycles. The topological polar surface area (TPSA) is 107 Å². The van der Waals surface area contributed by atoms with E-state index >= 15 is 0 Å². The molecule has 1 fully saturated rings. The Morgan fingerprint density at radius 3 is 2.50 bits per heavy atom. The first-order valence-electron chi connectivity index (χ1n) is 12.2. The third-order valence-electron chi connectivity index (χ3n) is 6.17. The quantitative estimate of drug-likeness (QED) is 0.341. The van der Waals surface area contributed by atoms with E-state index in [1.54, 1.807) is 13.0 Å². The van der Waals surface area contributed by atoms with Crippen LogP contribution in [0.25, 0.3) is 22.2 Å². The predicted octanol–water partition coefficient (Wildman–Crippen LogP) is 4.65. The third kappa shape index (κ3) is 5.91. The first-order valence-corrected chi connectivity index (χ1v) is 12.9. The lowest BCUT2D eigenvalue weighted by atomic mass is 10.1. The van der Waals surface area contributed by atoms with Gasteiger partial charge in [-0.15, -0.1) is 5.10 Å². The van der Waals surface area contributed by atoms with Gasteiger partial charge < -0.3 is 19.8 Å². The van der Waals surface area contributed by atoms with Gasteiger partial charge in [-0.2, -0.15) is 13.2 Å². The Balaban J connectivity index is 1.52. The van der Waals surface area contributed by atoms with Crippen molar-refractivity contribution in [3.05, 3.63) is 58.6 Å². The number of pyridine rings is 1. The molecular weight excluding hydrogens is 574 g/mol. The molecule has 0 spiro atoms. The van der Waals surface area contributed by atoms with Crippen molar-refractivity contribution < 1.29 is 27.5 Å². The highest BCUT2D eigenvalue weighted by molar-refractivity contribution is 6.35. The lowest BCUT2D eigenvalue weighted by molar-refractivity contribution is -0.200. The van der Waals surface area contributed by atoms with Crippen LogP contribution in [-0.2, 0) is 4.79 Å². The number of hydrogen-bond donors (Lipinski definition) is 1. The van der Waals surface area contributed by atoms with Crippen LogP contribution >= 0.6 is 23.2 Å². The second-order valence-corrected chi connectivity index (χ2v) is 9.73. The number of aromatic nitrogens is 5. The number of nitrogens with zero attached hydrogens (tertiary/aromatic N) is 6. The van der Waals surface area contributed by atoms with Crippen LogP contribution in [0.3, 0.4) is 0 Å². The number of nitrogens with one attached hydrogen (secondary N) is 1. The number of carbonyl (C=O) groups is 1. The van der Waals surface area contributed by atoms with Gasteiger partial charge in [0.25, 0.3) is 0 Å². The average Bonchev–Trinajstić information content (AvgIpc) is 3.07. The number of anilines is 1. The van der Waals surface area contributed by atoms with E-state index in [0.29, 0.717) is 43.1 Å². The number of alkyl halides is 3. The zero-order valence-electron chi connectivity index (χ0n) is 21.0. The van der Waals surface area contributed by atoms with Gasteiger partial charge in [0.15, 0.2) is 0 Å². The van der Waals surface area contributed by atoms with Gasteiger partial charge in [0.05, 0.1) is 10.0 Å². The van der Waals surface area contributed by atoms with E-state index in [9.17, 15) is 18.0 Å². The summed E-state index contributed by atoms with van der Waals surface area (Å²) in [7, 11) is 0. The Bertz CT molecular complexity index is 1500. The Morgan fingerprint density at radius 1 is 1.07 bits per heavy atom. The molecule has 0 aliphatic carbocycles. The average molecular weight is 596 g/mol. The van der Waals surface area contributed by atoms with Gasteiger partial charge in [-0.3, -0.25) is 4.98 Å². The van der Waals surface area contributed by atoms with Crippen LogP contribution in [0.5, 0.6) is 5.75 Å². The summed E-state index contributed by atoms with van der Waals surface area (Å²) in [6.45, 7) is 4.94. The van der Waals surface area contributed by atoms with Gasteiger partial charge >= 0.3 is 12.1 Å². The molecule has 1 aromatic carbocycles. The summed E-state index contributed by atoms with van der Waals surface area (Å²) in [4.78, 5) is 31.6. The highest BCUT2D eigenvalue weighted by atomic mass is 35.5. The first-order chi connectivity index (χ1) is 19.1. The molecule has 0 radical (unpaired) electrons. The molecule has 0 bridgehead atoms. The number of ether oxygens (including phenoxy) is 1. The smallest absolute Gasteiger partial charge is 0.486 e. The molecule has 1 N–H and O–H groups in total. The Labute approximate surface area is 236 Å². The third-order valence-corrected chi connectivity index (χ3v) is 6.77. The molecule has 5 rings (SSSR count). The zero-order chi connectivity index (χ0) is 28.4. The summed E-state index contributed by atoms with van der Waals surface area (Å²) in [6, 6.07) is 4.48. The summed E-state index contributed by atoms with van der Waals surface area (Å²) in [5, 5.41) is 8.41. The molecule has 0 unspecified atom stereocenters. The van der Waals surface area contributed by atoms with Crippen LogP contribution < -0.4 is 19.8 Å². The minimum Gasteiger partial charge on any atom is -0.486 e. The lowest BCUT2D eigenvalue weighted by Crippen LogP contribution is -2.33. The van der Waals surface area contributed by atoms with Crippen LogP contribution in [0.4, 0.5) is 19.1 Å². The molecule has 10 nitrogen and oxygen atoms in total. The maximum absolute atomic E-state index is 13.0. The molecule has 0 amide bonds. The predicted molar refractivity (Wildman–Crippen MR) is 141 cm³/mol. The number of carbonyl (C=O) groups excluding carboxylic acids is 1. The van der Waals surface area contributed by atoms with Gasteiger partial charge in [0, 0.05) is 60.9 Å². The van der Waals surface area contributed by atoms with E-state index in [-0.39, 0.29) is 11.2 Å². The molecule has 1 aliphatic heterocycles. The van der Waals surface area contributed by atoms with E-state index in [1.807, 2.05) is 4.90 Å². The minimum atomic E-state index is -5.22. The van der Waals surface area contributed by atoms with Crippen molar-refractivity contribution in [1.82, 2.24) is 30.2 Å². The van der Waals surface area contributed by atoms with Gasteiger partial charge in [-0.1, -0.05) is 28.0 Å². The number of halogens is 5. The second-order valence-electron chi connectivity index (χ2n) is 8.92. The first kappa shape index (κ1) is 27.9. The Kier molecular flexibility index (Phi) is 7.97. The normalized spacial score (nSPS) is 15.1. The highest BCUT2D eigenvalue weighted by Gasteiger charge is 2.42. The van der Waals surface area contributed by atoms with Crippen LogP contribution in [0.15, 0.2) is 43.0 Å². The van der Waals surface area contributed by atoms with Gasteiger partial charge in [-0.25, -0.2) is 14.8 Å². The zero-order valence-corrected chi connectivity index (χ0v) is 22.5. The molecule has 1 aliphatic rings. The summed E-state index contributed by atoms with van der Waals surface area (Å²) < 4.78 is 44.9. The van der Waals surface area contributed by atoms with Crippen molar-refractivity contribution in [2.24, 2.45) is 0 Å². The molecule has 1 atom stereocenters. The summed E-state index contributed by atoms with van der Waals surface area (Å²) >= 11 is 12.5. The molecule has 0 saturated carbocycles. The monoisotopic (exact) mass is 595 g/mol. The van der Waals surface area contributed by atoms with Crippen molar-refractivity contribution >= 4 is 46.0 Å². The number of fused-ring (bicyclic) bond motifs is 1. The van der Waals surface area contributed by atoms with E-state index in [0.717, 1.165) is 32.6 Å². The van der Waals surface area contributed by atoms with Crippen LogP contribution in [0, 0.1) is 0 Å². The fraction of sp³-hybridized carbons (Fsp3) is 0.320. The van der Waals surface area contributed by atoms with E-state index in [1.165, 1.54) is 36.9 Å². The van der Waals surface area contributed by atoms with Crippen molar-refractivity contribution in [3.63, 3.8) is 0 Å². The molecule has 15 heteroatoms. The van der Waals surface area contributed by atoms with Crippen LogP contribution in [0.1, 0.15) is 25.0 Å². The number of benzene rings is 1. The molecule has 4 aromatic rings. The highest BCUT2D eigenvalue weighted by Crippen LogP contribution is 2.35. The van der Waals surface area contributed by atoms with Gasteiger partial charge in [-0.05, 0) is 38.1 Å². The van der Waals surface area contributed by atoms with E-state index in [2.05, 4.69) is 30.2 Å². The van der Waals surface area contributed by atoms with Crippen molar-refractivity contribution in [1.29, 1.82) is 0 Å². The number of hydrogen-bond acceptors (Lipinski definition) is 9. The Morgan fingerprint density at radius 2 is 1.80 bits per heavy atom. The lowest BCUT2D eigenvalue weighted by Gasteiger charge is -2.19. The summed E-state index contributed by atoms with van der Waals surface area (Å²) in [6.07, 6.45) is 1.03. The van der Waals surface area contributed by atoms with Crippen molar-refractivity contribution in [2.75, 3.05) is 31.1 Å². The molecule has 4 heterocycles.